The van der Waals surface area contributed by atoms with Crippen LogP contribution < -0.4 is 15.7 Å². The molecule has 2 rings (SSSR count). The summed E-state index contributed by atoms with van der Waals surface area (Å²) < 4.78 is 10.9. The highest BCUT2D eigenvalue weighted by molar-refractivity contribution is 5.97. The van der Waals surface area contributed by atoms with E-state index in [4.69, 9.17) is 9.15 Å². The van der Waals surface area contributed by atoms with E-state index in [1.54, 1.807) is 24.3 Å². The minimum absolute atomic E-state index is 0.00457. The molecular formula is C17H21NO4. The highest BCUT2D eigenvalue weighted by Gasteiger charge is 2.20. The Kier molecular flexibility index (Phi) is 4.54. The molecule has 118 valence electrons. The molecule has 0 aliphatic heterocycles. The van der Waals surface area contributed by atoms with Gasteiger partial charge in [0.15, 0.2) is 11.3 Å². The zero-order valence-corrected chi connectivity index (χ0v) is 13.4. The van der Waals surface area contributed by atoms with E-state index in [0.717, 1.165) is 6.42 Å². The predicted molar refractivity (Wildman–Crippen MR) is 85.5 cm³/mol. The van der Waals surface area contributed by atoms with Gasteiger partial charge in [0.25, 0.3) is 5.91 Å². The van der Waals surface area contributed by atoms with Crippen LogP contribution in [0.15, 0.2) is 33.5 Å². The first-order chi connectivity index (χ1) is 10.3. The van der Waals surface area contributed by atoms with Crippen molar-refractivity contribution in [2.24, 2.45) is 0 Å². The topological polar surface area (TPSA) is 68.5 Å². The largest absolute Gasteiger partial charge is 0.490 e. The average Bonchev–Trinajstić information content (AvgIpc) is 2.42. The number of benzene rings is 1. The standard InChI is InChI=1S/C17H21NO4/c1-5-9-21-13-8-6-7-11-10-12(16(20)22-14(11)13)15(19)18-17(2,3)4/h6-8,10H,5,9H2,1-4H3,(H,18,19). The number of fused-ring (bicyclic) bond motifs is 1. The molecule has 2 aromatic rings. The summed E-state index contributed by atoms with van der Waals surface area (Å²) in [6.07, 6.45) is 0.854. The molecule has 1 aromatic heterocycles. The number of hydrogen-bond acceptors (Lipinski definition) is 4. The maximum atomic E-state index is 12.2. The van der Waals surface area contributed by atoms with E-state index in [1.807, 2.05) is 27.7 Å². The summed E-state index contributed by atoms with van der Waals surface area (Å²) >= 11 is 0. The van der Waals surface area contributed by atoms with Crippen LogP contribution in [0.3, 0.4) is 0 Å². The smallest absolute Gasteiger partial charge is 0.349 e. The molecule has 0 aliphatic carbocycles. The van der Waals surface area contributed by atoms with Crippen molar-refractivity contribution in [3.63, 3.8) is 0 Å². The van der Waals surface area contributed by atoms with Gasteiger partial charge in [-0.1, -0.05) is 19.1 Å². The summed E-state index contributed by atoms with van der Waals surface area (Å²) in [5.41, 5.74) is -0.727. The molecule has 0 saturated heterocycles. The SMILES string of the molecule is CCCOc1cccc2cc(C(=O)NC(C)(C)C)c(=O)oc12. The molecule has 0 saturated carbocycles. The summed E-state index contributed by atoms with van der Waals surface area (Å²) in [5.74, 6) is 0.0715. The molecule has 5 nitrogen and oxygen atoms in total. The van der Waals surface area contributed by atoms with Gasteiger partial charge in [-0.05, 0) is 39.3 Å². The van der Waals surface area contributed by atoms with Crippen LogP contribution >= 0.6 is 0 Å². The van der Waals surface area contributed by atoms with Crippen molar-refractivity contribution in [2.45, 2.75) is 39.7 Å². The second-order valence-corrected chi connectivity index (χ2v) is 6.17. The van der Waals surface area contributed by atoms with Gasteiger partial charge >= 0.3 is 5.63 Å². The van der Waals surface area contributed by atoms with Crippen LogP contribution in [0, 0.1) is 0 Å². The number of carbonyl (C=O) groups is 1. The lowest BCUT2D eigenvalue weighted by Crippen LogP contribution is -2.42. The highest BCUT2D eigenvalue weighted by Crippen LogP contribution is 2.25. The first-order valence-electron chi connectivity index (χ1n) is 7.34. The molecule has 0 bridgehead atoms. The quantitative estimate of drug-likeness (QED) is 0.881. The van der Waals surface area contributed by atoms with Crippen molar-refractivity contribution in [1.29, 1.82) is 0 Å². The highest BCUT2D eigenvalue weighted by atomic mass is 16.5. The fourth-order valence-corrected chi connectivity index (χ4v) is 2.01. The number of para-hydroxylation sites is 1. The molecule has 0 aliphatic rings. The monoisotopic (exact) mass is 303 g/mol. The summed E-state index contributed by atoms with van der Waals surface area (Å²) in [6.45, 7) is 8.09. The van der Waals surface area contributed by atoms with Crippen LogP contribution in [0.5, 0.6) is 5.75 Å². The van der Waals surface area contributed by atoms with E-state index >= 15 is 0 Å². The van der Waals surface area contributed by atoms with Crippen LogP contribution in [-0.2, 0) is 0 Å². The molecule has 1 amide bonds. The Morgan fingerprint density at radius 3 is 2.68 bits per heavy atom. The third kappa shape index (κ3) is 3.67. The van der Waals surface area contributed by atoms with E-state index in [2.05, 4.69) is 5.32 Å². The summed E-state index contributed by atoms with van der Waals surface area (Å²) in [5, 5.41) is 3.42. The molecule has 0 unspecified atom stereocenters. The zero-order chi connectivity index (χ0) is 16.3. The summed E-state index contributed by atoms with van der Waals surface area (Å²) in [6, 6.07) is 6.88. The number of rotatable bonds is 4. The lowest BCUT2D eigenvalue weighted by atomic mass is 10.1. The molecule has 1 N–H and O–H groups in total. The number of nitrogens with one attached hydrogen (secondary N) is 1. The van der Waals surface area contributed by atoms with Crippen LogP contribution in [-0.4, -0.2) is 18.1 Å². The lowest BCUT2D eigenvalue weighted by molar-refractivity contribution is 0.0916. The first kappa shape index (κ1) is 16.1. The van der Waals surface area contributed by atoms with Crippen molar-refractivity contribution < 1.29 is 13.9 Å². The maximum absolute atomic E-state index is 12.2. The van der Waals surface area contributed by atoms with Crippen molar-refractivity contribution in [3.8, 4) is 5.75 Å². The van der Waals surface area contributed by atoms with Crippen molar-refractivity contribution in [1.82, 2.24) is 5.32 Å². The Balaban J connectivity index is 2.46. The Hall–Kier alpha value is -2.30. The normalized spacial score (nSPS) is 11.5. The molecule has 5 heteroatoms. The van der Waals surface area contributed by atoms with Gasteiger partial charge in [0.2, 0.25) is 0 Å². The Morgan fingerprint density at radius 2 is 2.05 bits per heavy atom. The molecule has 1 heterocycles. The van der Waals surface area contributed by atoms with Gasteiger partial charge in [-0.3, -0.25) is 4.79 Å². The lowest BCUT2D eigenvalue weighted by Gasteiger charge is -2.20. The Bertz CT molecular complexity index is 740. The number of amides is 1. The van der Waals surface area contributed by atoms with Gasteiger partial charge < -0.3 is 14.5 Å². The second-order valence-electron chi connectivity index (χ2n) is 6.17. The van der Waals surface area contributed by atoms with Crippen LogP contribution in [0.4, 0.5) is 0 Å². The van der Waals surface area contributed by atoms with Gasteiger partial charge in [-0.2, -0.15) is 0 Å². The van der Waals surface area contributed by atoms with Crippen LogP contribution in [0.2, 0.25) is 0 Å². The van der Waals surface area contributed by atoms with E-state index < -0.39 is 17.1 Å². The van der Waals surface area contributed by atoms with Gasteiger partial charge in [-0.15, -0.1) is 0 Å². The van der Waals surface area contributed by atoms with Crippen LogP contribution in [0.1, 0.15) is 44.5 Å². The molecule has 0 spiro atoms. The van der Waals surface area contributed by atoms with Crippen LogP contribution in [0.25, 0.3) is 11.0 Å². The molecule has 22 heavy (non-hydrogen) atoms. The van der Waals surface area contributed by atoms with Gasteiger partial charge in [0.1, 0.15) is 5.56 Å². The van der Waals surface area contributed by atoms with Gasteiger partial charge in [0, 0.05) is 10.9 Å². The molecule has 1 aromatic carbocycles. The summed E-state index contributed by atoms with van der Waals surface area (Å²) in [4.78, 5) is 24.3. The third-order valence-corrected chi connectivity index (χ3v) is 2.92. The van der Waals surface area contributed by atoms with E-state index in [0.29, 0.717) is 23.3 Å². The van der Waals surface area contributed by atoms with Crippen molar-refractivity contribution >= 4 is 16.9 Å². The molecule has 0 atom stereocenters. The molecule has 0 radical (unpaired) electrons. The number of ether oxygens (including phenoxy) is 1. The van der Waals surface area contributed by atoms with Crippen molar-refractivity contribution in [2.75, 3.05) is 6.61 Å². The van der Waals surface area contributed by atoms with Gasteiger partial charge in [-0.25, -0.2) is 4.79 Å². The van der Waals surface area contributed by atoms with Crippen molar-refractivity contribution in [3.05, 3.63) is 40.2 Å². The second kappa shape index (κ2) is 6.22. The fourth-order valence-electron chi connectivity index (χ4n) is 2.01. The van der Waals surface area contributed by atoms with E-state index in [9.17, 15) is 9.59 Å². The fraction of sp³-hybridized carbons (Fsp3) is 0.412. The Morgan fingerprint density at radius 1 is 1.32 bits per heavy atom. The maximum Gasteiger partial charge on any atom is 0.349 e. The minimum atomic E-state index is -0.665. The Labute approximate surface area is 129 Å². The number of carbonyl (C=O) groups excluding carboxylic acids is 1. The number of hydrogen-bond donors (Lipinski definition) is 1. The molecular weight excluding hydrogens is 282 g/mol. The van der Waals surface area contributed by atoms with Gasteiger partial charge in [0.05, 0.1) is 6.61 Å². The predicted octanol–water partition coefficient (Wildman–Crippen LogP) is 3.11. The first-order valence-corrected chi connectivity index (χ1v) is 7.34. The third-order valence-electron chi connectivity index (χ3n) is 2.92. The minimum Gasteiger partial charge on any atom is -0.490 e. The molecule has 0 fully saturated rings. The summed E-state index contributed by atoms with van der Waals surface area (Å²) in [7, 11) is 0. The zero-order valence-electron chi connectivity index (χ0n) is 13.4. The van der Waals surface area contributed by atoms with E-state index in [-0.39, 0.29) is 5.56 Å². The van der Waals surface area contributed by atoms with E-state index in [1.165, 1.54) is 0 Å². The average molecular weight is 303 g/mol.